The van der Waals surface area contributed by atoms with Crippen LogP contribution in [0, 0.1) is 0 Å². The second-order valence-electron chi connectivity index (χ2n) is 13.9. The number of alkyl carbamates (subject to hydrolysis) is 2. The first-order valence-electron chi connectivity index (χ1n) is 18.5. The lowest BCUT2D eigenvalue weighted by atomic mass is 10.0. The molecule has 6 rings (SSSR count). The van der Waals surface area contributed by atoms with Crippen LogP contribution in [0.4, 0.5) is 9.59 Å². The van der Waals surface area contributed by atoms with E-state index in [2.05, 4.69) is 78.9 Å². The number of aromatic nitrogens is 3. The quantitative estimate of drug-likeness (QED) is 0.132. The Hall–Kier alpha value is -5.67. The SMILES string of the molecule is COC(=O)N[C@@H](CO)C(=O)N1CCC[C@H]1c1ncc(-c2ccc(-c3ccc(-c4ccc(C[C@@H]5CCCN5C(=O)[C@@H](NC(=O)OC)[C@@H](C)OC)[nH]4)cc3)cc2)[nH]1. The highest BCUT2D eigenvalue weighted by molar-refractivity contribution is 5.87. The van der Waals surface area contributed by atoms with Crippen LogP contribution >= 0.6 is 0 Å². The Balaban J connectivity index is 1.07. The first-order chi connectivity index (χ1) is 26.6. The first-order valence-corrected chi connectivity index (χ1v) is 18.5. The lowest BCUT2D eigenvalue weighted by Crippen LogP contribution is -2.55. The van der Waals surface area contributed by atoms with Crippen LogP contribution in [-0.2, 0) is 30.2 Å². The third-order valence-electron chi connectivity index (χ3n) is 10.6. The highest BCUT2D eigenvalue weighted by Crippen LogP contribution is 2.33. The number of carbonyl (C=O) groups excluding carboxylic acids is 4. The number of hydrogen-bond donors (Lipinski definition) is 5. The highest BCUT2D eigenvalue weighted by Gasteiger charge is 2.38. The molecule has 2 saturated heterocycles. The molecule has 0 saturated carbocycles. The monoisotopic (exact) mass is 755 g/mol. The van der Waals surface area contributed by atoms with Crippen molar-refractivity contribution in [1.29, 1.82) is 0 Å². The van der Waals surface area contributed by atoms with Gasteiger partial charge in [0.25, 0.3) is 0 Å². The summed E-state index contributed by atoms with van der Waals surface area (Å²) in [6.07, 6.45) is 3.68. The minimum Gasteiger partial charge on any atom is -0.453 e. The lowest BCUT2D eigenvalue weighted by Gasteiger charge is -2.31. The van der Waals surface area contributed by atoms with Gasteiger partial charge in [-0.3, -0.25) is 9.59 Å². The number of nitrogens with zero attached hydrogens (tertiary/aromatic N) is 3. The Morgan fingerprint density at radius 2 is 1.38 bits per heavy atom. The van der Waals surface area contributed by atoms with E-state index in [4.69, 9.17) is 9.47 Å². The van der Waals surface area contributed by atoms with Crippen LogP contribution in [0.2, 0.25) is 0 Å². The van der Waals surface area contributed by atoms with Gasteiger partial charge in [0.15, 0.2) is 0 Å². The summed E-state index contributed by atoms with van der Waals surface area (Å²) in [5, 5.41) is 14.8. The van der Waals surface area contributed by atoms with Gasteiger partial charge in [-0.15, -0.1) is 0 Å². The Morgan fingerprint density at radius 3 is 2.02 bits per heavy atom. The average Bonchev–Trinajstić information content (AvgIpc) is 4.06. The summed E-state index contributed by atoms with van der Waals surface area (Å²) in [4.78, 5) is 65.3. The van der Waals surface area contributed by atoms with E-state index in [0.29, 0.717) is 31.8 Å². The number of aliphatic hydroxyl groups is 1. The van der Waals surface area contributed by atoms with Crippen molar-refractivity contribution < 1.29 is 38.5 Å². The Morgan fingerprint density at radius 1 is 0.782 bits per heavy atom. The number of hydrogen-bond acceptors (Lipinski definition) is 9. The van der Waals surface area contributed by atoms with E-state index < -0.39 is 37.0 Å². The minimum atomic E-state index is -1.10. The van der Waals surface area contributed by atoms with Gasteiger partial charge in [-0.25, -0.2) is 14.6 Å². The van der Waals surface area contributed by atoms with Gasteiger partial charge >= 0.3 is 12.2 Å². The van der Waals surface area contributed by atoms with Gasteiger partial charge in [-0.1, -0.05) is 48.5 Å². The van der Waals surface area contributed by atoms with E-state index in [0.717, 1.165) is 58.6 Å². The van der Waals surface area contributed by atoms with E-state index in [-0.39, 0.29) is 23.9 Å². The molecular formula is C40H49N7O8. The van der Waals surface area contributed by atoms with Crippen molar-refractivity contribution in [2.75, 3.05) is 41.0 Å². The largest absolute Gasteiger partial charge is 0.453 e. The number of benzene rings is 2. The fraction of sp³-hybridized carbons (Fsp3) is 0.425. The molecule has 2 aromatic heterocycles. The van der Waals surface area contributed by atoms with E-state index in [1.165, 1.54) is 21.3 Å². The lowest BCUT2D eigenvalue weighted by molar-refractivity contribution is -0.137. The fourth-order valence-electron chi connectivity index (χ4n) is 7.44. The second kappa shape index (κ2) is 17.6. The number of aliphatic hydroxyl groups excluding tert-OH is 1. The normalized spacial score (nSPS) is 18.4. The molecule has 0 unspecified atom stereocenters. The molecule has 55 heavy (non-hydrogen) atoms. The number of H-pyrrole nitrogens is 2. The predicted octanol–water partition coefficient (Wildman–Crippen LogP) is 4.41. The second-order valence-corrected chi connectivity index (χ2v) is 13.9. The van der Waals surface area contributed by atoms with Crippen molar-refractivity contribution in [3.63, 3.8) is 0 Å². The van der Waals surface area contributed by atoms with E-state index in [9.17, 15) is 24.3 Å². The summed E-state index contributed by atoms with van der Waals surface area (Å²) >= 11 is 0. The number of amides is 4. The Labute approximate surface area is 319 Å². The maximum Gasteiger partial charge on any atom is 0.407 e. The molecule has 0 bridgehead atoms. The van der Waals surface area contributed by atoms with Crippen molar-refractivity contribution in [1.82, 2.24) is 35.4 Å². The van der Waals surface area contributed by atoms with Crippen LogP contribution in [0.3, 0.4) is 0 Å². The van der Waals surface area contributed by atoms with Crippen LogP contribution in [0.1, 0.15) is 50.2 Å². The molecular weight excluding hydrogens is 706 g/mol. The number of imidazole rings is 1. The molecule has 0 aliphatic carbocycles. The molecule has 2 aliphatic rings. The van der Waals surface area contributed by atoms with Crippen LogP contribution in [0.25, 0.3) is 33.6 Å². The third-order valence-corrected chi connectivity index (χ3v) is 10.6. The van der Waals surface area contributed by atoms with Crippen LogP contribution in [0.15, 0.2) is 66.9 Å². The van der Waals surface area contributed by atoms with Gasteiger partial charge in [0, 0.05) is 44.0 Å². The number of aromatic amines is 2. The van der Waals surface area contributed by atoms with Gasteiger partial charge < -0.3 is 49.7 Å². The zero-order valence-electron chi connectivity index (χ0n) is 31.5. The van der Waals surface area contributed by atoms with Crippen molar-refractivity contribution in [2.45, 2.75) is 69.3 Å². The summed E-state index contributed by atoms with van der Waals surface area (Å²) in [5.74, 6) is 0.0830. The molecule has 5 N–H and O–H groups in total. The van der Waals surface area contributed by atoms with Gasteiger partial charge in [-0.2, -0.15) is 0 Å². The first kappa shape index (κ1) is 39.0. The van der Waals surface area contributed by atoms with E-state index in [1.807, 2.05) is 17.0 Å². The number of ether oxygens (including phenoxy) is 3. The van der Waals surface area contributed by atoms with Crippen molar-refractivity contribution >= 4 is 24.0 Å². The zero-order chi connectivity index (χ0) is 39.1. The molecule has 0 radical (unpaired) electrons. The summed E-state index contributed by atoms with van der Waals surface area (Å²) in [6.45, 7) is 2.32. The summed E-state index contributed by atoms with van der Waals surface area (Å²) in [6, 6.07) is 18.4. The predicted molar refractivity (Wildman–Crippen MR) is 204 cm³/mol. The van der Waals surface area contributed by atoms with Crippen molar-refractivity contribution in [2.24, 2.45) is 0 Å². The molecule has 15 heteroatoms. The summed E-state index contributed by atoms with van der Waals surface area (Å²) in [5.41, 5.74) is 6.92. The highest BCUT2D eigenvalue weighted by atomic mass is 16.5. The Bertz CT molecular complexity index is 1940. The van der Waals surface area contributed by atoms with Gasteiger partial charge in [0.2, 0.25) is 11.8 Å². The maximum absolute atomic E-state index is 13.5. The maximum atomic E-state index is 13.5. The number of likely N-dealkylation sites (tertiary alicyclic amines) is 2. The standard InChI is InChI=1S/C40H49N7O8/c1-24(53-2)35(45-40(52)55-4)38(50)46-19-5-7-30(46)21-29-17-18-31(42-29)27-13-9-25(10-14-27)26-11-15-28(16-12-26)32-22-41-36(43-32)34-8-6-20-47(34)37(49)33(23-48)44-39(51)54-3/h9-18,22,24,30,33-35,42,48H,5-8,19-21,23H2,1-4H3,(H,41,43)(H,44,51)(H,45,52)/t24-,30+,33+,34+,35+/m1/s1. The molecule has 5 atom stereocenters. The topological polar surface area (TPSA) is 191 Å². The molecule has 4 aromatic rings. The van der Waals surface area contributed by atoms with E-state index in [1.54, 1.807) is 18.0 Å². The van der Waals surface area contributed by atoms with Crippen LogP contribution in [0.5, 0.6) is 0 Å². The zero-order valence-corrected chi connectivity index (χ0v) is 31.5. The molecule has 0 spiro atoms. The smallest absolute Gasteiger partial charge is 0.407 e. The molecule has 2 aromatic carbocycles. The number of carbonyl (C=O) groups is 4. The van der Waals surface area contributed by atoms with Crippen molar-refractivity contribution in [3.05, 3.63) is 78.4 Å². The average molecular weight is 756 g/mol. The van der Waals surface area contributed by atoms with Gasteiger partial charge in [0.1, 0.15) is 17.9 Å². The molecule has 4 amide bonds. The minimum absolute atomic E-state index is 0.00761. The van der Waals surface area contributed by atoms with E-state index >= 15 is 0 Å². The fourth-order valence-corrected chi connectivity index (χ4v) is 7.44. The number of nitrogens with one attached hydrogen (secondary N) is 4. The van der Waals surface area contributed by atoms with Gasteiger partial charge in [-0.05, 0) is 67.0 Å². The summed E-state index contributed by atoms with van der Waals surface area (Å²) < 4.78 is 14.7. The van der Waals surface area contributed by atoms with Gasteiger partial charge in [0.05, 0.1) is 44.9 Å². The molecule has 2 aliphatic heterocycles. The van der Waals surface area contributed by atoms with Crippen LogP contribution in [-0.4, -0.2) is 119 Å². The number of rotatable bonds is 13. The van der Waals surface area contributed by atoms with Crippen LogP contribution < -0.4 is 10.6 Å². The molecule has 4 heterocycles. The number of methoxy groups -OCH3 is 3. The third kappa shape index (κ3) is 8.84. The van der Waals surface area contributed by atoms with Crippen molar-refractivity contribution in [3.8, 4) is 33.6 Å². The molecule has 2 fully saturated rings. The molecule has 292 valence electrons. The Kier molecular flexibility index (Phi) is 12.5. The summed E-state index contributed by atoms with van der Waals surface area (Å²) in [7, 11) is 3.98. The molecule has 15 nitrogen and oxygen atoms in total.